The number of aromatic amines is 1. The number of aromatic nitrogens is 1. The van der Waals surface area contributed by atoms with E-state index < -0.39 is 6.17 Å². The van der Waals surface area contributed by atoms with Crippen LogP contribution in [-0.4, -0.2) is 29.9 Å². The summed E-state index contributed by atoms with van der Waals surface area (Å²) in [6.45, 7) is 2.03. The van der Waals surface area contributed by atoms with E-state index in [2.05, 4.69) is 21.7 Å². The van der Waals surface area contributed by atoms with E-state index in [9.17, 15) is 4.79 Å². The van der Waals surface area contributed by atoms with Gasteiger partial charge in [-0.15, -0.1) is 0 Å². The predicted octanol–water partition coefficient (Wildman–Crippen LogP) is 4.09. The Morgan fingerprint density at radius 1 is 1.06 bits per heavy atom. The number of benzodiazepines with no additional fused rings is 1. The molecule has 2 heterocycles. The van der Waals surface area contributed by atoms with Crippen molar-refractivity contribution in [1.82, 2.24) is 5.32 Å². The summed E-state index contributed by atoms with van der Waals surface area (Å²) in [5.41, 5.74) is 5.36. The van der Waals surface area contributed by atoms with E-state index in [1.54, 1.807) is 11.9 Å². The average Bonchev–Trinajstić information content (AvgIpc) is 2.95. The van der Waals surface area contributed by atoms with Gasteiger partial charge in [0, 0.05) is 40.7 Å². The fourth-order valence-electron chi connectivity index (χ4n) is 4.16. The molecule has 1 unspecified atom stereocenters. The van der Waals surface area contributed by atoms with Crippen molar-refractivity contribution in [2.45, 2.75) is 13.1 Å². The van der Waals surface area contributed by atoms with Crippen molar-refractivity contribution in [2.24, 2.45) is 4.99 Å². The molecule has 0 radical (unpaired) electrons. The number of thiocarbonyl (C=S) groups is 1. The number of benzene rings is 3. The van der Waals surface area contributed by atoms with Crippen LogP contribution in [0.2, 0.25) is 0 Å². The van der Waals surface area contributed by atoms with Crippen molar-refractivity contribution in [3.8, 4) is 0 Å². The molecule has 168 valence electrons. The summed E-state index contributed by atoms with van der Waals surface area (Å²) in [7, 11) is 1.77. The minimum absolute atomic E-state index is 0.187. The Morgan fingerprint density at radius 2 is 1.88 bits per heavy atom. The number of H-pyrrole nitrogens is 1. The molecule has 34 heavy (non-hydrogen) atoms. The Bertz CT molecular complexity index is 1430. The molecular weight excluding hydrogens is 442 g/mol. The second-order valence-corrected chi connectivity index (χ2v) is 8.62. The fourth-order valence-corrected chi connectivity index (χ4v) is 4.39. The van der Waals surface area contributed by atoms with Crippen LogP contribution in [0, 0.1) is 6.92 Å². The minimum Gasteiger partial charge on any atom is -0.333 e. The van der Waals surface area contributed by atoms with Crippen LogP contribution in [0.3, 0.4) is 0 Å². The van der Waals surface area contributed by atoms with Gasteiger partial charge in [-0.25, -0.2) is 9.98 Å². The first-order chi connectivity index (χ1) is 16.5. The lowest BCUT2D eigenvalue weighted by Crippen LogP contribution is -2.47. The lowest BCUT2D eigenvalue weighted by Gasteiger charge is -2.22. The number of hydrogen-bond acceptors (Lipinski definition) is 3. The average molecular weight is 467 g/mol. The third kappa shape index (κ3) is 4.13. The molecule has 3 N–H and O–H groups in total. The lowest BCUT2D eigenvalue weighted by atomic mass is 9.98. The van der Waals surface area contributed by atoms with Gasteiger partial charge in [-0.2, -0.15) is 0 Å². The van der Waals surface area contributed by atoms with Crippen LogP contribution in [0.5, 0.6) is 0 Å². The molecule has 1 aromatic heterocycles. The van der Waals surface area contributed by atoms with Gasteiger partial charge in [-0.05, 0) is 43.4 Å². The molecule has 5 rings (SSSR count). The van der Waals surface area contributed by atoms with E-state index in [0.717, 1.165) is 44.5 Å². The van der Waals surface area contributed by atoms with Gasteiger partial charge >= 0.3 is 0 Å². The number of anilines is 2. The van der Waals surface area contributed by atoms with E-state index >= 15 is 0 Å². The van der Waals surface area contributed by atoms with Crippen LogP contribution in [-0.2, 0) is 4.79 Å². The molecular formula is C27H24N5OS+. The summed E-state index contributed by atoms with van der Waals surface area (Å²) in [5, 5.41) is 8.77. The van der Waals surface area contributed by atoms with Crippen molar-refractivity contribution in [3.63, 3.8) is 0 Å². The largest absolute Gasteiger partial charge is 0.333 e. The first-order valence-electron chi connectivity index (χ1n) is 11.0. The van der Waals surface area contributed by atoms with E-state index in [0.29, 0.717) is 5.11 Å². The number of nitrogens with one attached hydrogen (secondary N) is 3. The Labute approximate surface area is 203 Å². The zero-order chi connectivity index (χ0) is 23.7. The Morgan fingerprint density at radius 3 is 2.71 bits per heavy atom. The first kappa shape index (κ1) is 21.7. The topological polar surface area (TPSA) is 70.9 Å². The van der Waals surface area contributed by atoms with Gasteiger partial charge < -0.3 is 15.5 Å². The summed E-state index contributed by atoms with van der Waals surface area (Å²) in [6, 6.07) is 23.8. The van der Waals surface area contributed by atoms with Gasteiger partial charge in [-0.3, -0.25) is 4.79 Å². The quantitative estimate of drug-likeness (QED) is 0.446. The predicted molar refractivity (Wildman–Crippen MR) is 140 cm³/mol. The highest BCUT2D eigenvalue weighted by Crippen LogP contribution is 2.28. The fraction of sp³-hybridized carbons (Fsp3) is 0.111. The summed E-state index contributed by atoms with van der Waals surface area (Å²) >= 11 is 5.61. The highest BCUT2D eigenvalue weighted by atomic mass is 32.1. The monoisotopic (exact) mass is 466 g/mol. The zero-order valence-electron chi connectivity index (χ0n) is 18.9. The minimum atomic E-state index is -0.878. The standard InChI is InChI=1S/C27H23N5OS/c1-17-11-12-23-21(15-17)24(18-7-4-3-5-8-18)30-25(26(33)32(23)2)31-27(34)29-22-10-6-9-19-16-28-14-13-20(19)22/h3-16,25H,1-2H3,(H2,29,31,34)/p+1. The maximum absolute atomic E-state index is 13.4. The number of hydrogen-bond donors (Lipinski definition) is 2. The highest BCUT2D eigenvalue weighted by molar-refractivity contribution is 7.80. The van der Waals surface area contributed by atoms with E-state index in [4.69, 9.17) is 17.2 Å². The van der Waals surface area contributed by atoms with Gasteiger partial charge in [-0.1, -0.05) is 48.0 Å². The Balaban J connectivity index is 1.51. The van der Waals surface area contributed by atoms with Crippen molar-refractivity contribution < 1.29 is 9.78 Å². The van der Waals surface area contributed by atoms with E-state index in [-0.39, 0.29) is 5.91 Å². The molecule has 0 fully saturated rings. The molecule has 1 amide bonds. The number of nitrogens with zero attached hydrogens (tertiary/aromatic N) is 2. The van der Waals surface area contributed by atoms with Gasteiger partial charge in [0.15, 0.2) is 17.5 Å². The van der Waals surface area contributed by atoms with Crippen molar-refractivity contribution in [3.05, 3.63) is 102 Å². The van der Waals surface area contributed by atoms with Crippen molar-refractivity contribution in [1.29, 1.82) is 0 Å². The molecule has 0 saturated carbocycles. The van der Waals surface area contributed by atoms with E-state index in [1.807, 2.05) is 86.0 Å². The molecule has 6 nitrogen and oxygen atoms in total. The van der Waals surface area contributed by atoms with Gasteiger partial charge in [0.1, 0.15) is 0 Å². The maximum Gasteiger partial charge on any atom is 0.272 e. The van der Waals surface area contributed by atoms with Gasteiger partial charge in [0.2, 0.25) is 6.17 Å². The third-order valence-corrected chi connectivity index (χ3v) is 6.10. The number of rotatable bonds is 3. The SMILES string of the molecule is Cc1ccc2c(c1)C(c1ccccc1)=NC(NC(=S)Nc1cccc3c[nH+]ccc13)C(=O)N2C. The molecule has 4 aromatic rings. The van der Waals surface area contributed by atoms with Crippen molar-refractivity contribution >= 4 is 51.1 Å². The Kier molecular flexibility index (Phi) is 5.77. The second-order valence-electron chi connectivity index (χ2n) is 8.22. The van der Waals surface area contributed by atoms with Crippen LogP contribution in [0.25, 0.3) is 10.8 Å². The van der Waals surface area contributed by atoms with Gasteiger partial charge in [0.25, 0.3) is 5.91 Å². The molecule has 0 bridgehead atoms. The van der Waals surface area contributed by atoms with Gasteiger partial charge in [0.05, 0.1) is 11.4 Å². The molecule has 1 atom stereocenters. The highest BCUT2D eigenvalue weighted by Gasteiger charge is 2.30. The molecule has 7 heteroatoms. The maximum atomic E-state index is 13.4. The van der Waals surface area contributed by atoms with Crippen LogP contribution in [0.4, 0.5) is 11.4 Å². The Hall–Kier alpha value is -4.10. The molecule has 3 aromatic carbocycles. The number of carbonyl (C=O) groups excluding carboxylic acids is 1. The van der Waals surface area contributed by atoms with Crippen molar-refractivity contribution in [2.75, 3.05) is 17.3 Å². The van der Waals surface area contributed by atoms with Crippen LogP contribution < -0.4 is 20.5 Å². The normalized spacial score (nSPS) is 15.4. The molecule has 0 aliphatic carbocycles. The number of fused-ring (bicyclic) bond motifs is 2. The summed E-state index contributed by atoms with van der Waals surface area (Å²) in [4.78, 5) is 23.0. The summed E-state index contributed by atoms with van der Waals surface area (Å²) < 4.78 is 0. The third-order valence-electron chi connectivity index (χ3n) is 5.88. The number of carbonyl (C=O) groups is 1. The summed E-state index contributed by atoms with van der Waals surface area (Å²) in [6.07, 6.45) is 2.91. The van der Waals surface area contributed by atoms with Crippen LogP contribution in [0.15, 0.2) is 90.2 Å². The lowest BCUT2D eigenvalue weighted by molar-refractivity contribution is -0.375. The first-order valence-corrected chi connectivity index (χ1v) is 11.4. The number of amides is 1. The number of aryl methyl sites for hydroxylation is 1. The zero-order valence-corrected chi connectivity index (χ0v) is 19.7. The summed E-state index contributed by atoms with van der Waals surface area (Å²) in [5.74, 6) is -0.187. The second kappa shape index (κ2) is 9.03. The molecule has 0 saturated heterocycles. The van der Waals surface area contributed by atoms with Crippen LogP contribution >= 0.6 is 12.2 Å². The van der Waals surface area contributed by atoms with E-state index in [1.165, 1.54) is 0 Å². The van der Waals surface area contributed by atoms with Crippen LogP contribution in [0.1, 0.15) is 16.7 Å². The molecule has 0 spiro atoms. The smallest absolute Gasteiger partial charge is 0.272 e. The number of likely N-dealkylation sites (N-methyl/N-ethyl adjacent to an activating group) is 1. The number of aliphatic imine (C=N–C) groups is 1. The number of pyridine rings is 1. The molecule has 1 aliphatic heterocycles. The molecule has 1 aliphatic rings.